The van der Waals surface area contributed by atoms with E-state index in [1.807, 2.05) is 11.8 Å². The van der Waals surface area contributed by atoms with E-state index in [0.717, 1.165) is 17.7 Å². The highest BCUT2D eigenvalue weighted by Gasteiger charge is 2.28. The molecule has 0 aliphatic carbocycles. The molecule has 1 aliphatic heterocycles. The van der Waals surface area contributed by atoms with Gasteiger partial charge in [0.05, 0.1) is 6.42 Å². The van der Waals surface area contributed by atoms with Gasteiger partial charge in [-0.1, -0.05) is 12.1 Å². The second-order valence-corrected chi connectivity index (χ2v) is 7.58. The molecule has 3 aromatic rings. The summed E-state index contributed by atoms with van der Waals surface area (Å²) in [5.41, 5.74) is 0.765. The molecule has 0 N–H and O–H groups in total. The van der Waals surface area contributed by atoms with Gasteiger partial charge in [-0.15, -0.1) is 0 Å². The van der Waals surface area contributed by atoms with Gasteiger partial charge in [0.2, 0.25) is 11.8 Å². The lowest BCUT2D eigenvalue weighted by atomic mass is 10.1. The van der Waals surface area contributed by atoms with Crippen molar-refractivity contribution in [3.05, 3.63) is 77.9 Å². The van der Waals surface area contributed by atoms with E-state index in [9.17, 15) is 18.0 Å². The zero-order chi connectivity index (χ0) is 22.7. The minimum absolute atomic E-state index is 0.0196. The number of halogens is 3. The third-order valence-corrected chi connectivity index (χ3v) is 5.28. The summed E-state index contributed by atoms with van der Waals surface area (Å²) in [6, 6.07) is 10.7. The van der Waals surface area contributed by atoms with E-state index in [4.69, 9.17) is 4.74 Å². The third kappa shape index (κ3) is 4.99. The molecule has 1 aromatic heterocycles. The van der Waals surface area contributed by atoms with Gasteiger partial charge in [0, 0.05) is 37.8 Å². The number of aromatic nitrogens is 2. The van der Waals surface area contributed by atoms with E-state index in [2.05, 4.69) is 9.97 Å². The maximum Gasteiger partial charge on any atom is 0.227 e. The lowest BCUT2D eigenvalue weighted by Gasteiger charge is -2.40. The van der Waals surface area contributed by atoms with E-state index in [1.165, 1.54) is 24.5 Å². The second-order valence-electron chi connectivity index (χ2n) is 7.58. The molecule has 4 rings (SSSR count). The summed E-state index contributed by atoms with van der Waals surface area (Å²) < 4.78 is 45.1. The Labute approximate surface area is 183 Å². The van der Waals surface area contributed by atoms with Crippen LogP contribution in [0, 0.1) is 17.5 Å². The van der Waals surface area contributed by atoms with Gasteiger partial charge in [-0.05, 0) is 36.8 Å². The number of piperazine rings is 1. The highest BCUT2D eigenvalue weighted by atomic mass is 19.2. The zero-order valence-corrected chi connectivity index (χ0v) is 17.3. The number of ether oxygens (including phenoxy) is 1. The molecule has 2 heterocycles. The van der Waals surface area contributed by atoms with Crippen molar-refractivity contribution in [2.75, 3.05) is 24.5 Å². The van der Waals surface area contributed by atoms with Crippen molar-refractivity contribution in [3.8, 4) is 11.6 Å². The maximum atomic E-state index is 13.4. The summed E-state index contributed by atoms with van der Waals surface area (Å²) in [5, 5.41) is 0. The molecule has 0 spiro atoms. The summed E-state index contributed by atoms with van der Waals surface area (Å²) in [4.78, 5) is 24.8. The fourth-order valence-corrected chi connectivity index (χ4v) is 3.63. The number of benzene rings is 2. The molecule has 0 bridgehead atoms. The Bertz CT molecular complexity index is 1110. The average molecular weight is 442 g/mol. The molecule has 0 saturated carbocycles. The largest absolute Gasteiger partial charge is 0.439 e. The van der Waals surface area contributed by atoms with Crippen LogP contribution in [-0.4, -0.2) is 46.5 Å². The lowest BCUT2D eigenvalue weighted by Crippen LogP contribution is -2.54. The molecular formula is C23H21F3N4O2. The van der Waals surface area contributed by atoms with Gasteiger partial charge in [0.1, 0.15) is 23.7 Å². The summed E-state index contributed by atoms with van der Waals surface area (Å²) in [7, 11) is 0. The van der Waals surface area contributed by atoms with Crippen LogP contribution in [0.4, 0.5) is 19.0 Å². The van der Waals surface area contributed by atoms with Gasteiger partial charge in [0.15, 0.2) is 11.6 Å². The quantitative estimate of drug-likeness (QED) is 0.599. The summed E-state index contributed by atoms with van der Waals surface area (Å²) >= 11 is 0. The van der Waals surface area contributed by atoms with Crippen LogP contribution in [0.25, 0.3) is 0 Å². The van der Waals surface area contributed by atoms with E-state index in [1.54, 1.807) is 23.1 Å². The van der Waals surface area contributed by atoms with Crippen molar-refractivity contribution in [1.82, 2.24) is 14.9 Å². The number of hydrogen-bond donors (Lipinski definition) is 0. The van der Waals surface area contributed by atoms with Crippen molar-refractivity contribution >= 4 is 11.7 Å². The highest BCUT2D eigenvalue weighted by Crippen LogP contribution is 2.25. The summed E-state index contributed by atoms with van der Waals surface area (Å²) in [6.45, 7) is 3.57. The number of carbonyl (C=O) groups is 1. The van der Waals surface area contributed by atoms with Crippen LogP contribution in [0.3, 0.4) is 0 Å². The fourth-order valence-electron chi connectivity index (χ4n) is 3.63. The molecule has 1 aliphatic rings. The predicted molar refractivity (Wildman–Crippen MR) is 112 cm³/mol. The zero-order valence-electron chi connectivity index (χ0n) is 17.3. The van der Waals surface area contributed by atoms with Gasteiger partial charge in [0.25, 0.3) is 0 Å². The molecule has 1 amide bonds. The van der Waals surface area contributed by atoms with Crippen LogP contribution in [0.2, 0.25) is 0 Å². The topological polar surface area (TPSA) is 58.6 Å². The molecule has 2 aromatic carbocycles. The maximum absolute atomic E-state index is 13.4. The van der Waals surface area contributed by atoms with Crippen LogP contribution in [0.5, 0.6) is 11.6 Å². The van der Waals surface area contributed by atoms with Crippen LogP contribution < -0.4 is 9.64 Å². The predicted octanol–water partition coefficient (Wildman–Crippen LogP) is 3.97. The Morgan fingerprint density at radius 3 is 2.53 bits per heavy atom. The van der Waals surface area contributed by atoms with Crippen LogP contribution in [-0.2, 0) is 11.2 Å². The fraction of sp³-hybridized carbons (Fsp3) is 0.261. The van der Waals surface area contributed by atoms with Crippen molar-refractivity contribution in [1.29, 1.82) is 0 Å². The Kier molecular flexibility index (Phi) is 6.25. The molecule has 1 atom stereocenters. The minimum Gasteiger partial charge on any atom is -0.439 e. The summed E-state index contributed by atoms with van der Waals surface area (Å²) in [5.74, 6) is -1.39. The van der Waals surface area contributed by atoms with Gasteiger partial charge in [-0.2, -0.15) is 0 Å². The molecule has 166 valence electrons. The standard InChI is InChI=1S/C23H21F3N4O2/c1-15-13-29(8-9-30(15)23(31)10-16-2-4-17(24)5-3-16)21-12-22(28-14-27-21)32-18-6-7-19(25)20(26)11-18/h2-7,11-12,14-15H,8-10,13H2,1H3. The number of nitrogens with zero attached hydrogens (tertiary/aromatic N) is 4. The molecule has 0 radical (unpaired) electrons. The number of carbonyl (C=O) groups excluding carboxylic acids is 1. The van der Waals surface area contributed by atoms with Crippen molar-refractivity contribution in [2.45, 2.75) is 19.4 Å². The van der Waals surface area contributed by atoms with Gasteiger partial charge >= 0.3 is 0 Å². The Hall–Kier alpha value is -3.62. The monoisotopic (exact) mass is 442 g/mol. The van der Waals surface area contributed by atoms with Crippen LogP contribution in [0.1, 0.15) is 12.5 Å². The van der Waals surface area contributed by atoms with Gasteiger partial charge < -0.3 is 14.5 Å². The van der Waals surface area contributed by atoms with Gasteiger partial charge in [-0.3, -0.25) is 4.79 Å². The van der Waals surface area contributed by atoms with Crippen molar-refractivity contribution < 1.29 is 22.7 Å². The molecule has 9 heteroatoms. The molecule has 32 heavy (non-hydrogen) atoms. The molecule has 1 saturated heterocycles. The Morgan fingerprint density at radius 1 is 1.03 bits per heavy atom. The highest BCUT2D eigenvalue weighted by molar-refractivity contribution is 5.79. The van der Waals surface area contributed by atoms with Crippen LogP contribution in [0.15, 0.2) is 54.9 Å². The van der Waals surface area contributed by atoms with E-state index < -0.39 is 11.6 Å². The number of rotatable bonds is 5. The van der Waals surface area contributed by atoms with E-state index in [0.29, 0.717) is 25.5 Å². The number of amides is 1. The van der Waals surface area contributed by atoms with E-state index >= 15 is 0 Å². The first-order chi connectivity index (χ1) is 15.4. The Morgan fingerprint density at radius 2 is 1.81 bits per heavy atom. The van der Waals surface area contributed by atoms with Crippen LogP contribution >= 0.6 is 0 Å². The SMILES string of the molecule is CC1CN(c2cc(Oc3ccc(F)c(F)c3)ncn2)CCN1C(=O)Cc1ccc(F)cc1. The normalized spacial score (nSPS) is 16.2. The minimum atomic E-state index is -1.01. The third-order valence-electron chi connectivity index (χ3n) is 5.28. The van der Waals surface area contributed by atoms with Crippen molar-refractivity contribution in [2.24, 2.45) is 0 Å². The average Bonchev–Trinajstić information content (AvgIpc) is 2.78. The molecule has 1 unspecified atom stereocenters. The number of hydrogen-bond acceptors (Lipinski definition) is 5. The molecule has 1 fully saturated rings. The first kappa shape index (κ1) is 21.6. The number of anilines is 1. The second kappa shape index (κ2) is 9.25. The first-order valence-corrected chi connectivity index (χ1v) is 10.1. The first-order valence-electron chi connectivity index (χ1n) is 10.1. The van der Waals surface area contributed by atoms with E-state index in [-0.39, 0.29) is 35.8 Å². The lowest BCUT2D eigenvalue weighted by molar-refractivity contribution is -0.132. The summed E-state index contributed by atoms with van der Waals surface area (Å²) in [6.07, 6.45) is 1.55. The Balaban J connectivity index is 1.39. The smallest absolute Gasteiger partial charge is 0.227 e. The van der Waals surface area contributed by atoms with Gasteiger partial charge in [-0.25, -0.2) is 23.1 Å². The molecule has 6 nitrogen and oxygen atoms in total. The molecular weight excluding hydrogens is 421 g/mol. The van der Waals surface area contributed by atoms with Crippen molar-refractivity contribution in [3.63, 3.8) is 0 Å².